The fourth-order valence-electron chi connectivity index (χ4n) is 1.24. The standard InChI is InChI=1S/H6O18P6.H3O9P3/c1-19(2)13-20(3,4)15-22(7,8)17-24(11,12)18-23(9,10)16-21(5,6)14-19;1-10(2)7-11(3,4)9-12(5,6)8-10/h(H,1,2)(H,3,4)(H,5,6)(H,7,8)(H,9,10)(H,11,12);(H,1,2)(H,3,4)(H,5,6)/p-8. The molecule has 0 spiro atoms. The number of rotatable bonds is 0. The molecule has 1 N–H and O–H groups in total. The number of phosphoric acid groups is 9. The van der Waals surface area contributed by atoms with Gasteiger partial charge in [0.05, 0.1) is 0 Å². The van der Waals surface area contributed by atoms with Crippen molar-refractivity contribution < 1.29 is 124 Å². The Bertz CT molecular complexity index is 1010. The maximum Gasteiger partial charge on any atom is 0.485 e. The van der Waals surface area contributed by atoms with Gasteiger partial charge in [-0.25, -0.2) is 43.4 Å². The molecule has 0 radical (unpaired) electrons. The van der Waals surface area contributed by atoms with Crippen LogP contribution in [0.4, 0.5) is 0 Å². The van der Waals surface area contributed by atoms with Crippen LogP contribution in [0, 0.1) is 0 Å². The Hall–Kier alpha value is 1.35. The molecule has 2 aliphatic rings. The molecule has 2 heterocycles. The van der Waals surface area contributed by atoms with E-state index in [1.54, 1.807) is 0 Å². The third-order valence-corrected chi connectivity index (χ3v) is 16.3. The van der Waals surface area contributed by atoms with E-state index in [0.717, 1.165) is 0 Å². The highest BCUT2D eigenvalue weighted by Gasteiger charge is 2.40. The van der Waals surface area contributed by atoms with E-state index in [2.05, 4.69) is 38.8 Å². The molecule has 0 amide bonds. The normalized spacial score (nSPS) is 55.2. The van der Waals surface area contributed by atoms with Gasteiger partial charge in [-0.2, -0.15) is 0 Å². The van der Waals surface area contributed by atoms with E-state index in [0.29, 0.717) is 0 Å². The van der Waals surface area contributed by atoms with Gasteiger partial charge in [-0.15, -0.1) is 0 Å². The molecule has 2 aliphatic heterocycles. The lowest BCUT2D eigenvalue weighted by molar-refractivity contribution is -0.268. The molecular formula is HO27P9-8. The lowest BCUT2D eigenvalue weighted by Gasteiger charge is -2.41. The summed E-state index contributed by atoms with van der Waals surface area (Å²) in [6.07, 6.45) is 0. The van der Waals surface area contributed by atoms with E-state index in [1.807, 2.05) is 0 Å². The number of hydrogen-bond acceptors (Lipinski definition) is 26. The van der Waals surface area contributed by atoms with Crippen LogP contribution in [0.3, 0.4) is 0 Å². The van der Waals surface area contributed by atoms with Gasteiger partial charge in [0, 0.05) is 0 Å². The van der Waals surface area contributed by atoms with Crippen LogP contribution in [0.15, 0.2) is 0 Å². The van der Waals surface area contributed by atoms with Gasteiger partial charge in [0.1, 0.15) is 0 Å². The molecule has 27 nitrogen and oxygen atoms in total. The Balaban J connectivity index is 0.000000450. The Morgan fingerprint density at radius 3 is 0.556 bits per heavy atom. The van der Waals surface area contributed by atoms with Crippen LogP contribution in [-0.4, -0.2) is 4.89 Å². The first-order chi connectivity index (χ1) is 15.4. The quantitative estimate of drug-likeness (QED) is 0.234. The summed E-state index contributed by atoms with van der Waals surface area (Å²) in [5.74, 6) is 0. The zero-order chi connectivity index (χ0) is 28.9. The first-order valence-corrected chi connectivity index (χ1v) is 19.8. The summed E-state index contributed by atoms with van der Waals surface area (Å²) in [6.45, 7) is 0. The average Bonchev–Trinajstić information content (AvgIpc) is 2.30. The van der Waals surface area contributed by atoms with Crippen LogP contribution in [0.5, 0.6) is 0 Å². The van der Waals surface area contributed by atoms with Crippen LogP contribution in [0.2, 0.25) is 0 Å². The minimum Gasteiger partial charge on any atom is -0.756 e. The Morgan fingerprint density at radius 1 is 0.306 bits per heavy atom. The van der Waals surface area contributed by atoms with Crippen molar-refractivity contribution in [1.29, 1.82) is 0 Å². The van der Waals surface area contributed by atoms with Crippen molar-refractivity contribution in [2.45, 2.75) is 0 Å². The van der Waals surface area contributed by atoms with E-state index in [-0.39, 0.29) is 0 Å². The average molecular weight is 712 g/mol. The largest absolute Gasteiger partial charge is 0.756 e. The van der Waals surface area contributed by atoms with Gasteiger partial charge in [0.25, 0.3) is 62.6 Å². The predicted molar refractivity (Wildman–Crippen MR) is 80.4 cm³/mol. The van der Waals surface area contributed by atoms with Crippen molar-refractivity contribution in [1.82, 2.24) is 0 Å². The fraction of sp³-hybridized carbons (Fsp3) is 0. The van der Waals surface area contributed by atoms with E-state index in [9.17, 15) is 80.2 Å². The predicted octanol–water partition coefficient (Wildman–Crippen LogP) is -4.00. The van der Waals surface area contributed by atoms with Gasteiger partial charge in [-0.1, -0.05) is 0 Å². The van der Waals surface area contributed by atoms with E-state index >= 15 is 0 Å². The van der Waals surface area contributed by atoms with Crippen molar-refractivity contribution in [2.75, 3.05) is 0 Å². The summed E-state index contributed by atoms with van der Waals surface area (Å²) in [5, 5.41) is 0. The third-order valence-electron chi connectivity index (χ3n) is 1.81. The molecule has 0 bridgehead atoms. The molecule has 0 aliphatic carbocycles. The Labute approximate surface area is 194 Å². The smallest absolute Gasteiger partial charge is 0.485 e. The highest BCUT2D eigenvalue weighted by molar-refractivity contribution is 7.74. The zero-order valence-electron chi connectivity index (χ0n) is 15.1. The van der Waals surface area contributed by atoms with Gasteiger partial charge < -0.3 is 44.0 Å². The molecule has 36 heteroatoms. The van der Waals surface area contributed by atoms with Crippen LogP contribution in [-0.2, 0) is 79.9 Å². The fourth-order valence-corrected chi connectivity index (χ4v) is 13.6. The molecule has 2 saturated heterocycles. The molecule has 0 aromatic rings. The van der Waals surface area contributed by atoms with Crippen molar-refractivity contribution in [3.63, 3.8) is 0 Å². The summed E-state index contributed by atoms with van der Waals surface area (Å²) in [6, 6.07) is 0. The van der Waals surface area contributed by atoms with E-state index in [4.69, 9.17) is 4.89 Å². The number of hydrogen-bond donors (Lipinski definition) is 1. The second-order valence-electron chi connectivity index (χ2n) is 4.78. The van der Waals surface area contributed by atoms with Gasteiger partial charge in [0.2, 0.25) is 0 Å². The summed E-state index contributed by atoms with van der Waals surface area (Å²) in [5.41, 5.74) is 0. The molecule has 0 saturated carbocycles. The van der Waals surface area contributed by atoms with Crippen molar-refractivity contribution in [2.24, 2.45) is 0 Å². The third kappa shape index (κ3) is 13.6. The van der Waals surface area contributed by atoms with Gasteiger partial charge in [0.15, 0.2) is 0 Å². The molecule has 36 heavy (non-hydrogen) atoms. The minimum absolute atomic E-state index is 2.95. The van der Waals surface area contributed by atoms with Crippen molar-refractivity contribution >= 4 is 70.4 Å². The molecular weight excluding hydrogens is 711 g/mol. The molecule has 2 rings (SSSR count). The van der Waals surface area contributed by atoms with Crippen LogP contribution in [0.1, 0.15) is 0 Å². The summed E-state index contributed by atoms with van der Waals surface area (Å²) < 4.78 is 124. The topological polar surface area (TPSA) is 441 Å². The van der Waals surface area contributed by atoms with Crippen molar-refractivity contribution in [3.05, 3.63) is 0 Å². The summed E-state index contributed by atoms with van der Waals surface area (Å²) in [7, 11) is -55.0. The van der Waals surface area contributed by atoms with Crippen LogP contribution in [0.25, 0.3) is 0 Å². The SMILES string of the molecule is O=P1([O-])OP(=O)([O-])OP(=O)([O-])O1.O=P1([O-])OP(=O)([O-])OP(=O)([O-])OP(=O)(O)OP(=O)([O-])OP(=O)([O-])O1. The summed E-state index contributed by atoms with van der Waals surface area (Å²) >= 11 is 0. The first kappa shape index (κ1) is 35.4. The Morgan fingerprint density at radius 2 is 0.417 bits per heavy atom. The lowest BCUT2D eigenvalue weighted by atomic mass is 15.6. The Kier molecular flexibility index (Phi) is 10.8. The van der Waals surface area contributed by atoms with Gasteiger partial charge in [-0.05, 0) is 0 Å². The van der Waals surface area contributed by atoms with Crippen LogP contribution < -0.4 is 39.1 Å². The van der Waals surface area contributed by atoms with Gasteiger partial charge in [-0.3, -0.25) is 36.5 Å². The molecule has 0 aromatic heterocycles. The van der Waals surface area contributed by atoms with E-state index in [1.165, 1.54) is 0 Å². The van der Waals surface area contributed by atoms with Crippen LogP contribution >= 0.6 is 70.4 Å². The van der Waals surface area contributed by atoms with E-state index < -0.39 is 70.4 Å². The lowest BCUT2D eigenvalue weighted by Crippen LogP contribution is -2.21. The zero-order valence-corrected chi connectivity index (χ0v) is 23.1. The highest BCUT2D eigenvalue weighted by Crippen LogP contribution is 2.75. The summed E-state index contributed by atoms with van der Waals surface area (Å²) in [4.78, 5) is 94.5. The monoisotopic (exact) mass is 712 g/mol. The maximum absolute atomic E-state index is 11.1. The highest BCUT2D eigenvalue weighted by atomic mass is 31.3. The second kappa shape index (κ2) is 11.0. The first-order valence-electron chi connectivity index (χ1n) is 6.59. The molecule has 2 fully saturated rings. The van der Waals surface area contributed by atoms with Crippen molar-refractivity contribution in [3.8, 4) is 0 Å². The van der Waals surface area contributed by atoms with Gasteiger partial charge >= 0.3 is 7.82 Å². The molecule has 4 unspecified atom stereocenters. The minimum atomic E-state index is -6.54. The maximum atomic E-state index is 11.1. The molecule has 0 aromatic carbocycles. The molecule has 216 valence electrons. The molecule has 4 atom stereocenters. The second-order valence-corrected chi connectivity index (χ2v) is 18.8.